The van der Waals surface area contributed by atoms with Crippen LogP contribution in [0.4, 0.5) is 4.79 Å². The lowest BCUT2D eigenvalue weighted by atomic mass is 9.72. The number of amides is 3. The van der Waals surface area contributed by atoms with Gasteiger partial charge in [-0.25, -0.2) is 4.79 Å². The zero-order valence-electron chi connectivity index (χ0n) is 14.3. The average molecular weight is 338 g/mol. The van der Waals surface area contributed by atoms with Crippen LogP contribution in [0.25, 0.3) is 10.9 Å². The van der Waals surface area contributed by atoms with Gasteiger partial charge in [0.2, 0.25) is 5.91 Å². The van der Waals surface area contributed by atoms with E-state index in [-0.39, 0.29) is 18.5 Å². The highest BCUT2D eigenvalue weighted by atomic mass is 16.2. The third kappa shape index (κ3) is 2.28. The molecule has 1 aromatic carbocycles. The van der Waals surface area contributed by atoms with Crippen molar-refractivity contribution in [3.05, 3.63) is 35.5 Å². The van der Waals surface area contributed by atoms with E-state index in [1.807, 2.05) is 0 Å². The van der Waals surface area contributed by atoms with E-state index in [1.165, 1.54) is 22.0 Å². The number of aromatic nitrogens is 1. The topological polar surface area (TPSA) is 68.4 Å². The number of hydrogen-bond acceptors (Lipinski definition) is 3. The van der Waals surface area contributed by atoms with Crippen molar-refractivity contribution in [1.82, 2.24) is 20.1 Å². The Kier molecular flexibility index (Phi) is 3.19. The van der Waals surface area contributed by atoms with Crippen LogP contribution >= 0.6 is 0 Å². The van der Waals surface area contributed by atoms with Crippen molar-refractivity contribution < 1.29 is 9.59 Å². The number of fused-ring (bicyclic) bond motifs is 2. The fourth-order valence-electron chi connectivity index (χ4n) is 5.13. The van der Waals surface area contributed by atoms with Crippen LogP contribution in [0, 0.1) is 5.92 Å². The third-order valence-electron chi connectivity index (χ3n) is 6.16. The van der Waals surface area contributed by atoms with Gasteiger partial charge in [-0.1, -0.05) is 12.1 Å². The van der Waals surface area contributed by atoms with Crippen LogP contribution in [0.15, 0.2) is 24.4 Å². The molecule has 0 spiro atoms. The van der Waals surface area contributed by atoms with Crippen molar-refractivity contribution in [2.75, 3.05) is 26.7 Å². The lowest BCUT2D eigenvalue weighted by Gasteiger charge is -2.46. The maximum Gasteiger partial charge on any atom is 0.324 e. The standard InChI is InChI=1S/C19H22N4O2/c1-22-8-11(9-23-10-17(24)21-19(23)25)5-14-13-3-2-4-15-18(13)12(7-20-15)6-16(14)22/h2-4,7,11,14,16,20H,5-6,8-10H2,1H3,(H,21,24,25)/t11?,14-,16-/m1/s1. The number of likely N-dealkylation sites (N-methyl/N-ethyl adjacent to an activating group) is 1. The molecule has 1 aromatic heterocycles. The van der Waals surface area contributed by atoms with E-state index in [2.05, 4.69) is 46.6 Å². The molecule has 2 saturated heterocycles. The molecule has 3 atom stereocenters. The van der Waals surface area contributed by atoms with Crippen LogP contribution in [0.2, 0.25) is 0 Å². The number of piperidine rings is 1. The largest absolute Gasteiger partial charge is 0.361 e. The molecule has 3 aliphatic rings. The third-order valence-corrected chi connectivity index (χ3v) is 6.16. The highest BCUT2D eigenvalue weighted by Gasteiger charge is 2.40. The van der Waals surface area contributed by atoms with Gasteiger partial charge >= 0.3 is 6.03 Å². The first-order valence-electron chi connectivity index (χ1n) is 8.98. The van der Waals surface area contributed by atoms with Crippen molar-refractivity contribution in [2.24, 2.45) is 5.92 Å². The molecule has 3 heterocycles. The number of rotatable bonds is 2. The summed E-state index contributed by atoms with van der Waals surface area (Å²) in [7, 11) is 2.19. The maximum absolute atomic E-state index is 11.9. The van der Waals surface area contributed by atoms with Crippen LogP contribution in [0.1, 0.15) is 23.5 Å². The molecular weight excluding hydrogens is 316 g/mol. The molecule has 1 aliphatic carbocycles. The predicted octanol–water partition coefficient (Wildman–Crippen LogP) is 1.68. The van der Waals surface area contributed by atoms with Crippen LogP contribution in [0.3, 0.4) is 0 Å². The Morgan fingerprint density at radius 2 is 2.16 bits per heavy atom. The molecule has 3 amide bonds. The first-order chi connectivity index (χ1) is 12.1. The number of aromatic amines is 1. The van der Waals surface area contributed by atoms with E-state index < -0.39 is 0 Å². The highest BCUT2D eigenvalue weighted by Crippen LogP contribution is 2.44. The number of imide groups is 1. The fourth-order valence-corrected chi connectivity index (χ4v) is 5.13. The number of H-pyrrole nitrogens is 1. The van der Waals surface area contributed by atoms with Gasteiger partial charge in [-0.05, 0) is 43.0 Å². The number of nitrogens with one attached hydrogen (secondary N) is 2. The molecule has 2 fully saturated rings. The molecule has 0 bridgehead atoms. The summed E-state index contributed by atoms with van der Waals surface area (Å²) in [5.74, 6) is 0.683. The molecule has 2 N–H and O–H groups in total. The SMILES string of the molecule is CN1CC(CN2CC(=O)NC2=O)C[C@@H]2c3cccc4[nH]cc(c34)C[C@H]21. The molecule has 6 nitrogen and oxygen atoms in total. The summed E-state index contributed by atoms with van der Waals surface area (Å²) < 4.78 is 0. The Labute approximate surface area is 146 Å². The van der Waals surface area contributed by atoms with Crippen LogP contribution in [-0.2, 0) is 11.2 Å². The summed E-state index contributed by atoms with van der Waals surface area (Å²) in [6, 6.07) is 6.81. The predicted molar refractivity (Wildman–Crippen MR) is 94.4 cm³/mol. The number of nitrogens with zero attached hydrogens (tertiary/aromatic N) is 2. The zero-order valence-corrected chi connectivity index (χ0v) is 14.3. The van der Waals surface area contributed by atoms with Gasteiger partial charge < -0.3 is 14.8 Å². The van der Waals surface area contributed by atoms with E-state index in [0.717, 1.165) is 19.4 Å². The molecule has 2 aromatic rings. The molecule has 0 saturated carbocycles. The van der Waals surface area contributed by atoms with E-state index in [9.17, 15) is 9.59 Å². The molecule has 0 radical (unpaired) electrons. The van der Waals surface area contributed by atoms with Crippen molar-refractivity contribution in [2.45, 2.75) is 24.8 Å². The Bertz CT molecular complexity index is 873. The lowest BCUT2D eigenvalue weighted by Crippen LogP contribution is -2.50. The summed E-state index contributed by atoms with van der Waals surface area (Å²) >= 11 is 0. The van der Waals surface area contributed by atoms with Crippen molar-refractivity contribution in [3.8, 4) is 0 Å². The summed E-state index contributed by atoms with van der Waals surface area (Å²) in [6.07, 6.45) is 4.30. The summed E-state index contributed by atoms with van der Waals surface area (Å²) in [4.78, 5) is 30.8. The molecule has 1 unspecified atom stereocenters. The molecule has 2 aliphatic heterocycles. The smallest absolute Gasteiger partial charge is 0.324 e. The molecule has 130 valence electrons. The average Bonchev–Trinajstić information content (AvgIpc) is 3.13. The van der Waals surface area contributed by atoms with Crippen LogP contribution < -0.4 is 5.32 Å². The van der Waals surface area contributed by atoms with Gasteiger partial charge in [0.15, 0.2) is 0 Å². The number of hydrogen-bond donors (Lipinski definition) is 2. The highest BCUT2D eigenvalue weighted by molar-refractivity contribution is 6.01. The van der Waals surface area contributed by atoms with Gasteiger partial charge in [-0.3, -0.25) is 10.1 Å². The Morgan fingerprint density at radius 3 is 2.96 bits per heavy atom. The number of carbonyl (C=O) groups excluding carboxylic acids is 2. The maximum atomic E-state index is 11.9. The minimum atomic E-state index is -0.242. The second-order valence-electron chi connectivity index (χ2n) is 7.74. The molecule has 25 heavy (non-hydrogen) atoms. The first-order valence-corrected chi connectivity index (χ1v) is 8.98. The van der Waals surface area contributed by atoms with Gasteiger partial charge in [0.1, 0.15) is 6.54 Å². The zero-order chi connectivity index (χ0) is 17.1. The fraction of sp³-hybridized carbons (Fsp3) is 0.474. The van der Waals surface area contributed by atoms with E-state index in [0.29, 0.717) is 24.4 Å². The van der Waals surface area contributed by atoms with Gasteiger partial charge in [0.25, 0.3) is 0 Å². The van der Waals surface area contributed by atoms with Gasteiger partial charge in [-0.2, -0.15) is 0 Å². The van der Waals surface area contributed by atoms with Crippen molar-refractivity contribution >= 4 is 22.8 Å². The normalized spacial score (nSPS) is 29.2. The summed E-state index contributed by atoms with van der Waals surface area (Å²) in [5.41, 5.74) is 4.07. The molecule has 6 heteroatoms. The quantitative estimate of drug-likeness (QED) is 0.819. The first kappa shape index (κ1) is 15.0. The van der Waals surface area contributed by atoms with Gasteiger partial charge in [0, 0.05) is 42.1 Å². The minimum absolute atomic E-state index is 0.188. The second kappa shape index (κ2) is 5.33. The minimum Gasteiger partial charge on any atom is -0.361 e. The van der Waals surface area contributed by atoms with E-state index in [1.54, 1.807) is 4.90 Å². The number of likely N-dealkylation sites (tertiary alicyclic amines) is 1. The number of carbonyl (C=O) groups is 2. The summed E-state index contributed by atoms with van der Waals surface area (Å²) in [6.45, 7) is 1.82. The van der Waals surface area contributed by atoms with E-state index >= 15 is 0 Å². The van der Waals surface area contributed by atoms with Crippen molar-refractivity contribution in [3.63, 3.8) is 0 Å². The lowest BCUT2D eigenvalue weighted by molar-refractivity contribution is -0.118. The van der Waals surface area contributed by atoms with Gasteiger partial charge in [0.05, 0.1) is 0 Å². The number of urea groups is 1. The number of benzene rings is 1. The molecule has 5 rings (SSSR count). The monoisotopic (exact) mass is 338 g/mol. The van der Waals surface area contributed by atoms with Gasteiger partial charge in [-0.15, -0.1) is 0 Å². The molecular formula is C19H22N4O2. The second-order valence-corrected chi connectivity index (χ2v) is 7.74. The van der Waals surface area contributed by atoms with Crippen LogP contribution in [0.5, 0.6) is 0 Å². The summed E-state index contributed by atoms with van der Waals surface area (Å²) in [5, 5.41) is 3.78. The van der Waals surface area contributed by atoms with Crippen LogP contribution in [-0.4, -0.2) is 59.4 Å². The van der Waals surface area contributed by atoms with Crippen molar-refractivity contribution in [1.29, 1.82) is 0 Å². The Hall–Kier alpha value is -2.34. The Morgan fingerprint density at radius 1 is 1.28 bits per heavy atom. The van der Waals surface area contributed by atoms with E-state index in [4.69, 9.17) is 0 Å². The Balaban J connectivity index is 1.44.